The summed E-state index contributed by atoms with van der Waals surface area (Å²) in [6.45, 7) is 4.95. The molecule has 0 radical (unpaired) electrons. The van der Waals surface area contributed by atoms with Crippen LogP contribution in [0.5, 0.6) is 0 Å². The molecule has 1 aliphatic rings. The Balaban J connectivity index is 2.02. The molecule has 21 heavy (non-hydrogen) atoms. The van der Waals surface area contributed by atoms with Crippen LogP contribution in [0.2, 0.25) is 5.15 Å². The number of amides is 1. The lowest BCUT2D eigenvalue weighted by Crippen LogP contribution is -2.38. The number of hydrogen-bond acceptors (Lipinski definition) is 3. The van der Waals surface area contributed by atoms with Gasteiger partial charge >= 0.3 is 0 Å². The first-order valence-electron chi connectivity index (χ1n) is 7.84. The molecular formula is C16H24ClN3O. The minimum Gasteiger partial charge on any atom is -0.370 e. The third-order valence-electron chi connectivity index (χ3n) is 4.11. The van der Waals surface area contributed by atoms with E-state index in [4.69, 9.17) is 11.6 Å². The number of pyridine rings is 1. The lowest BCUT2D eigenvalue weighted by atomic mass is 9.84. The van der Waals surface area contributed by atoms with Crippen LogP contribution in [-0.4, -0.2) is 23.5 Å². The van der Waals surface area contributed by atoms with Crippen molar-refractivity contribution in [2.24, 2.45) is 5.92 Å². The topological polar surface area (TPSA) is 54.0 Å². The Hall–Kier alpha value is -1.29. The molecule has 1 saturated carbocycles. The van der Waals surface area contributed by atoms with Gasteiger partial charge in [-0.2, -0.15) is 0 Å². The van der Waals surface area contributed by atoms with Gasteiger partial charge in [0.25, 0.3) is 5.91 Å². The van der Waals surface area contributed by atoms with Gasteiger partial charge in [-0.1, -0.05) is 37.8 Å². The number of rotatable bonds is 5. The van der Waals surface area contributed by atoms with E-state index < -0.39 is 0 Å². The molecule has 1 aromatic rings. The van der Waals surface area contributed by atoms with Crippen LogP contribution in [0.1, 0.15) is 56.3 Å². The second-order valence-corrected chi connectivity index (χ2v) is 6.09. The number of carbonyl (C=O) groups excluding carboxylic acids is 1. The van der Waals surface area contributed by atoms with Crippen LogP contribution in [-0.2, 0) is 0 Å². The van der Waals surface area contributed by atoms with Gasteiger partial charge in [0.15, 0.2) is 0 Å². The van der Waals surface area contributed by atoms with E-state index >= 15 is 0 Å². The van der Waals surface area contributed by atoms with Crippen molar-refractivity contribution in [3.05, 3.63) is 22.8 Å². The van der Waals surface area contributed by atoms with Crippen LogP contribution in [0.25, 0.3) is 0 Å². The van der Waals surface area contributed by atoms with E-state index in [1.165, 1.54) is 19.3 Å². The molecule has 1 heterocycles. The Morgan fingerprint density at radius 1 is 1.38 bits per heavy atom. The maximum atomic E-state index is 12.4. The third-order valence-corrected chi connectivity index (χ3v) is 4.30. The molecular weight excluding hydrogens is 286 g/mol. The monoisotopic (exact) mass is 309 g/mol. The zero-order chi connectivity index (χ0) is 15.2. The molecule has 1 aromatic heterocycles. The molecule has 2 unspecified atom stereocenters. The Bertz CT molecular complexity index is 492. The van der Waals surface area contributed by atoms with E-state index in [1.54, 1.807) is 12.1 Å². The summed E-state index contributed by atoms with van der Waals surface area (Å²) in [6.07, 6.45) is 5.83. The van der Waals surface area contributed by atoms with Crippen LogP contribution in [0.15, 0.2) is 12.1 Å². The number of nitrogens with one attached hydrogen (secondary N) is 2. The Labute approximate surface area is 131 Å². The van der Waals surface area contributed by atoms with Crippen LogP contribution in [0.4, 0.5) is 5.82 Å². The SMILES string of the molecule is CCNc1cc(C(=O)NC2CCCC(CC)C2)cc(Cl)n1. The van der Waals surface area contributed by atoms with E-state index in [2.05, 4.69) is 22.5 Å². The van der Waals surface area contributed by atoms with Gasteiger partial charge in [-0.25, -0.2) is 4.98 Å². The Morgan fingerprint density at radius 3 is 2.90 bits per heavy atom. The minimum absolute atomic E-state index is 0.0554. The summed E-state index contributed by atoms with van der Waals surface area (Å²) in [5, 5.41) is 6.57. The summed E-state index contributed by atoms with van der Waals surface area (Å²) < 4.78 is 0. The first-order chi connectivity index (χ1) is 10.1. The van der Waals surface area contributed by atoms with Crippen molar-refractivity contribution in [3.63, 3.8) is 0 Å². The van der Waals surface area contributed by atoms with E-state index in [0.29, 0.717) is 16.5 Å². The molecule has 0 saturated heterocycles. The summed E-state index contributed by atoms with van der Waals surface area (Å²) in [5.41, 5.74) is 0.574. The second-order valence-electron chi connectivity index (χ2n) is 5.71. The zero-order valence-electron chi connectivity index (χ0n) is 12.8. The lowest BCUT2D eigenvalue weighted by molar-refractivity contribution is 0.0919. The van der Waals surface area contributed by atoms with Crippen LogP contribution >= 0.6 is 11.6 Å². The van der Waals surface area contributed by atoms with Crippen molar-refractivity contribution in [1.29, 1.82) is 0 Å². The van der Waals surface area contributed by atoms with Crippen LogP contribution in [0, 0.1) is 5.92 Å². The molecule has 0 spiro atoms. The maximum Gasteiger partial charge on any atom is 0.251 e. The molecule has 1 amide bonds. The molecule has 1 aliphatic carbocycles. The summed E-state index contributed by atoms with van der Waals surface area (Å²) >= 11 is 5.99. The zero-order valence-corrected chi connectivity index (χ0v) is 13.5. The summed E-state index contributed by atoms with van der Waals surface area (Å²) in [5.74, 6) is 1.33. The van der Waals surface area contributed by atoms with Crippen molar-refractivity contribution >= 4 is 23.3 Å². The number of hydrogen-bond donors (Lipinski definition) is 2. The van der Waals surface area contributed by atoms with E-state index in [9.17, 15) is 4.79 Å². The van der Waals surface area contributed by atoms with Crippen molar-refractivity contribution in [2.75, 3.05) is 11.9 Å². The fraction of sp³-hybridized carbons (Fsp3) is 0.625. The number of aromatic nitrogens is 1. The number of anilines is 1. The first-order valence-corrected chi connectivity index (χ1v) is 8.22. The van der Waals surface area contributed by atoms with Gasteiger partial charge < -0.3 is 10.6 Å². The summed E-state index contributed by atoms with van der Waals surface area (Å²) in [6, 6.07) is 3.66. The molecule has 2 atom stereocenters. The quantitative estimate of drug-likeness (QED) is 0.812. The van der Waals surface area contributed by atoms with Gasteiger partial charge in [0.2, 0.25) is 0 Å². The van der Waals surface area contributed by atoms with Gasteiger partial charge in [-0.05, 0) is 37.8 Å². The second kappa shape index (κ2) is 7.64. The first kappa shape index (κ1) is 16.1. The van der Waals surface area contributed by atoms with Crippen molar-refractivity contribution < 1.29 is 4.79 Å². The highest BCUT2D eigenvalue weighted by atomic mass is 35.5. The third kappa shape index (κ3) is 4.60. The molecule has 2 N–H and O–H groups in total. The Kier molecular flexibility index (Phi) is 5.85. The summed E-state index contributed by atoms with van der Waals surface area (Å²) in [7, 11) is 0. The molecule has 0 aliphatic heterocycles. The normalized spacial score (nSPS) is 21.9. The Morgan fingerprint density at radius 2 is 2.19 bits per heavy atom. The van der Waals surface area contributed by atoms with Gasteiger partial charge in [0.05, 0.1) is 0 Å². The highest BCUT2D eigenvalue weighted by Gasteiger charge is 2.22. The average molecular weight is 310 g/mol. The molecule has 5 heteroatoms. The number of carbonyl (C=O) groups is 1. The van der Waals surface area contributed by atoms with E-state index in [-0.39, 0.29) is 11.9 Å². The number of halogens is 1. The highest BCUT2D eigenvalue weighted by molar-refractivity contribution is 6.29. The largest absolute Gasteiger partial charge is 0.370 e. The molecule has 4 nitrogen and oxygen atoms in total. The minimum atomic E-state index is -0.0554. The van der Waals surface area contributed by atoms with Crippen molar-refractivity contribution in [1.82, 2.24) is 10.3 Å². The lowest BCUT2D eigenvalue weighted by Gasteiger charge is -2.29. The molecule has 1 fully saturated rings. The van der Waals surface area contributed by atoms with E-state index in [0.717, 1.165) is 25.3 Å². The fourth-order valence-electron chi connectivity index (χ4n) is 2.96. The predicted molar refractivity (Wildman–Crippen MR) is 86.9 cm³/mol. The highest BCUT2D eigenvalue weighted by Crippen LogP contribution is 2.26. The predicted octanol–water partition coefficient (Wildman–Crippen LogP) is 3.87. The van der Waals surface area contributed by atoms with Crippen LogP contribution < -0.4 is 10.6 Å². The molecule has 0 bridgehead atoms. The van der Waals surface area contributed by atoms with Gasteiger partial charge in [0.1, 0.15) is 11.0 Å². The maximum absolute atomic E-state index is 12.4. The van der Waals surface area contributed by atoms with Gasteiger partial charge in [-0.3, -0.25) is 4.79 Å². The molecule has 2 rings (SSSR count). The standard InChI is InChI=1S/C16H24ClN3O/c1-3-11-6-5-7-13(8-11)19-16(21)12-9-14(17)20-15(10-12)18-4-2/h9-11,13H,3-8H2,1-2H3,(H,18,20)(H,19,21). The van der Waals surface area contributed by atoms with Crippen molar-refractivity contribution in [3.8, 4) is 0 Å². The molecule has 0 aromatic carbocycles. The number of nitrogens with zero attached hydrogens (tertiary/aromatic N) is 1. The van der Waals surface area contributed by atoms with Gasteiger partial charge in [0, 0.05) is 18.2 Å². The van der Waals surface area contributed by atoms with Crippen LogP contribution in [0.3, 0.4) is 0 Å². The van der Waals surface area contributed by atoms with Gasteiger partial charge in [-0.15, -0.1) is 0 Å². The fourth-order valence-corrected chi connectivity index (χ4v) is 3.17. The average Bonchev–Trinajstić information content (AvgIpc) is 2.47. The smallest absolute Gasteiger partial charge is 0.251 e. The van der Waals surface area contributed by atoms with E-state index in [1.807, 2.05) is 6.92 Å². The van der Waals surface area contributed by atoms with Crippen molar-refractivity contribution in [2.45, 2.75) is 52.0 Å². The molecule has 116 valence electrons. The summed E-state index contributed by atoms with van der Waals surface area (Å²) in [4.78, 5) is 16.5.